The van der Waals surface area contributed by atoms with Gasteiger partial charge in [0, 0.05) is 0 Å². The second-order valence-corrected chi connectivity index (χ2v) is 4.27. The fourth-order valence-electron chi connectivity index (χ4n) is 3.34. The minimum Gasteiger partial charge on any atom is -0.0651 e. The Morgan fingerprint density at radius 2 is 2.22 bits per heavy atom. The van der Waals surface area contributed by atoms with E-state index in [1.165, 1.54) is 18.3 Å². The van der Waals surface area contributed by atoms with Gasteiger partial charge in [-0.3, -0.25) is 0 Å². The lowest BCUT2D eigenvalue weighted by molar-refractivity contribution is 0.279. The molecule has 3 rings (SSSR count). The number of hydrogen-bond acceptors (Lipinski definition) is 0. The second kappa shape index (κ2) is 1.09. The van der Waals surface area contributed by atoms with E-state index in [2.05, 4.69) is 6.92 Å². The third-order valence-electron chi connectivity index (χ3n) is 4.14. The molecule has 0 nitrogen and oxygen atoms in total. The lowest BCUT2D eigenvalue weighted by Gasteiger charge is -2.21. The lowest BCUT2D eigenvalue weighted by Crippen LogP contribution is -2.13. The smallest absolute Gasteiger partial charge is 0.0232 e. The maximum atomic E-state index is 2.36. The molecule has 0 radical (unpaired) electrons. The summed E-state index contributed by atoms with van der Waals surface area (Å²) in [6, 6.07) is 0. The van der Waals surface area contributed by atoms with Crippen LogP contribution in [0.2, 0.25) is 0 Å². The van der Waals surface area contributed by atoms with Gasteiger partial charge in [0.25, 0.3) is 0 Å². The quantitative estimate of drug-likeness (QED) is 0.501. The van der Waals surface area contributed by atoms with Crippen molar-refractivity contribution in [3.8, 4) is 0 Å². The van der Waals surface area contributed by atoms with E-state index < -0.39 is 0 Å². The Balaban J connectivity index is 1.80. The molecule has 0 heterocycles. The summed E-state index contributed by atoms with van der Waals surface area (Å²) < 4.78 is 0. The van der Waals surface area contributed by atoms with E-state index in [1.807, 2.05) is 0 Å². The van der Waals surface area contributed by atoms with Gasteiger partial charge in [-0.25, -0.2) is 0 Å². The van der Waals surface area contributed by atoms with Crippen LogP contribution < -0.4 is 0 Å². The van der Waals surface area contributed by atoms with Crippen molar-refractivity contribution >= 4 is 0 Å². The molecule has 3 unspecified atom stereocenters. The van der Waals surface area contributed by atoms with Crippen LogP contribution in [0.4, 0.5) is 0 Å². The topological polar surface area (TPSA) is 0 Å². The van der Waals surface area contributed by atoms with E-state index in [4.69, 9.17) is 0 Å². The SMILES string of the molecule is CCC1CC2C1C21CC1. The summed E-state index contributed by atoms with van der Waals surface area (Å²) in [6.07, 6.45) is 6.25. The van der Waals surface area contributed by atoms with Gasteiger partial charge in [-0.15, -0.1) is 0 Å². The van der Waals surface area contributed by atoms with Gasteiger partial charge in [0.1, 0.15) is 0 Å². The molecule has 3 atom stereocenters. The van der Waals surface area contributed by atoms with Crippen molar-refractivity contribution in [3.05, 3.63) is 0 Å². The van der Waals surface area contributed by atoms with Crippen LogP contribution in [0.1, 0.15) is 32.6 Å². The molecule has 0 amide bonds. The molecule has 0 saturated heterocycles. The zero-order chi connectivity index (χ0) is 6.06. The van der Waals surface area contributed by atoms with Crippen molar-refractivity contribution in [1.29, 1.82) is 0 Å². The largest absolute Gasteiger partial charge is 0.0651 e. The summed E-state index contributed by atoms with van der Waals surface area (Å²) in [7, 11) is 0. The fourth-order valence-corrected chi connectivity index (χ4v) is 3.34. The van der Waals surface area contributed by atoms with Crippen LogP contribution in [0.5, 0.6) is 0 Å². The summed E-state index contributed by atoms with van der Waals surface area (Å²) in [4.78, 5) is 0. The van der Waals surface area contributed by atoms with Crippen LogP contribution in [0.3, 0.4) is 0 Å². The summed E-state index contributed by atoms with van der Waals surface area (Å²) in [6.45, 7) is 2.36. The van der Waals surface area contributed by atoms with Crippen LogP contribution in [0.25, 0.3) is 0 Å². The molecule has 3 fully saturated rings. The van der Waals surface area contributed by atoms with E-state index in [1.54, 1.807) is 19.3 Å². The van der Waals surface area contributed by atoms with Gasteiger partial charge in [-0.2, -0.15) is 0 Å². The fraction of sp³-hybridized carbons (Fsp3) is 1.00. The molecule has 0 aromatic heterocycles. The molecule has 0 aromatic carbocycles. The molecule has 3 aliphatic carbocycles. The average molecular weight is 122 g/mol. The van der Waals surface area contributed by atoms with Gasteiger partial charge in [-0.1, -0.05) is 13.3 Å². The van der Waals surface area contributed by atoms with E-state index in [0.29, 0.717) is 0 Å². The summed E-state index contributed by atoms with van der Waals surface area (Å²) in [5.74, 6) is 3.64. The van der Waals surface area contributed by atoms with Crippen LogP contribution in [0.15, 0.2) is 0 Å². The van der Waals surface area contributed by atoms with Crippen LogP contribution in [-0.2, 0) is 0 Å². The van der Waals surface area contributed by atoms with E-state index >= 15 is 0 Å². The first-order valence-corrected chi connectivity index (χ1v) is 4.38. The molecular weight excluding hydrogens is 108 g/mol. The third kappa shape index (κ3) is 0.342. The second-order valence-electron chi connectivity index (χ2n) is 4.27. The predicted octanol–water partition coefficient (Wildman–Crippen LogP) is 2.44. The van der Waals surface area contributed by atoms with Gasteiger partial charge in [0.2, 0.25) is 0 Å². The third-order valence-corrected chi connectivity index (χ3v) is 4.14. The van der Waals surface area contributed by atoms with Crippen molar-refractivity contribution < 1.29 is 0 Å². The molecule has 0 heteroatoms. The van der Waals surface area contributed by atoms with E-state index in [-0.39, 0.29) is 0 Å². The van der Waals surface area contributed by atoms with Gasteiger partial charge >= 0.3 is 0 Å². The molecule has 3 aliphatic rings. The first-order chi connectivity index (χ1) is 4.38. The minimum atomic E-state index is 1.00. The highest BCUT2D eigenvalue weighted by atomic mass is 14.8. The molecule has 3 saturated carbocycles. The Kier molecular flexibility index (Phi) is 0.574. The molecule has 1 spiro atoms. The molecule has 0 bridgehead atoms. The maximum absolute atomic E-state index is 2.36. The first-order valence-electron chi connectivity index (χ1n) is 4.38. The summed E-state index contributed by atoms with van der Waals surface area (Å²) in [5, 5.41) is 0. The highest BCUT2D eigenvalue weighted by Gasteiger charge is 2.78. The standard InChI is InChI=1S/C9H14/c1-2-6-5-7-8(6)9(7)3-4-9/h6-8H,2-5H2,1H3. The maximum Gasteiger partial charge on any atom is -0.0232 e. The Bertz CT molecular complexity index is 155. The molecule has 0 N–H and O–H groups in total. The monoisotopic (exact) mass is 122 g/mol. The zero-order valence-corrected chi connectivity index (χ0v) is 6.06. The van der Waals surface area contributed by atoms with Crippen molar-refractivity contribution in [1.82, 2.24) is 0 Å². The van der Waals surface area contributed by atoms with Crippen LogP contribution in [0, 0.1) is 23.2 Å². The average Bonchev–Trinajstić information content (AvgIpc) is 2.55. The minimum absolute atomic E-state index is 1.00. The van der Waals surface area contributed by atoms with Crippen molar-refractivity contribution in [2.24, 2.45) is 23.2 Å². The van der Waals surface area contributed by atoms with Crippen LogP contribution >= 0.6 is 0 Å². The van der Waals surface area contributed by atoms with Gasteiger partial charge in [-0.05, 0) is 42.4 Å². The number of fused-ring (bicyclic) bond motifs is 3. The number of rotatable bonds is 1. The zero-order valence-electron chi connectivity index (χ0n) is 6.06. The van der Waals surface area contributed by atoms with Crippen molar-refractivity contribution in [2.75, 3.05) is 0 Å². The Morgan fingerprint density at radius 3 is 2.56 bits per heavy atom. The molecule has 9 heavy (non-hydrogen) atoms. The lowest BCUT2D eigenvalue weighted by atomic mass is 9.84. The highest BCUT2D eigenvalue weighted by Crippen LogP contribution is 2.85. The Morgan fingerprint density at radius 1 is 1.44 bits per heavy atom. The normalized spacial score (nSPS) is 56.3. The van der Waals surface area contributed by atoms with Gasteiger partial charge < -0.3 is 0 Å². The van der Waals surface area contributed by atoms with Crippen molar-refractivity contribution in [3.63, 3.8) is 0 Å². The van der Waals surface area contributed by atoms with Crippen LogP contribution in [-0.4, -0.2) is 0 Å². The summed E-state index contributed by atoms with van der Waals surface area (Å²) in [5.41, 5.74) is 1.00. The molecule has 0 aliphatic heterocycles. The molecular formula is C9H14. The van der Waals surface area contributed by atoms with E-state index in [9.17, 15) is 0 Å². The molecule has 50 valence electrons. The highest BCUT2D eigenvalue weighted by molar-refractivity contribution is 5.26. The Hall–Kier alpha value is 0. The molecule has 0 aromatic rings. The first kappa shape index (κ1) is 4.76. The van der Waals surface area contributed by atoms with Gasteiger partial charge in [0.05, 0.1) is 0 Å². The van der Waals surface area contributed by atoms with Crippen molar-refractivity contribution in [2.45, 2.75) is 32.6 Å². The summed E-state index contributed by atoms with van der Waals surface area (Å²) >= 11 is 0. The number of hydrogen-bond donors (Lipinski definition) is 0. The Labute approximate surface area is 56.6 Å². The van der Waals surface area contributed by atoms with Gasteiger partial charge in [0.15, 0.2) is 0 Å². The van der Waals surface area contributed by atoms with E-state index in [0.717, 1.165) is 11.3 Å². The predicted molar refractivity (Wildman–Crippen MR) is 37.0 cm³/mol.